The Kier molecular flexibility index (Phi) is 6.49. The van der Waals surface area contributed by atoms with E-state index in [4.69, 9.17) is 10.2 Å². The molecular weight excluding hydrogens is 356 g/mol. The van der Waals surface area contributed by atoms with Gasteiger partial charge in [-0.25, -0.2) is 13.2 Å². The second-order valence-electron chi connectivity index (χ2n) is 6.47. The molecule has 0 aliphatic carbocycles. The van der Waals surface area contributed by atoms with Crippen LogP contribution in [0.25, 0.3) is 0 Å². The lowest BCUT2D eigenvalue weighted by Crippen LogP contribution is -2.53. The van der Waals surface area contributed by atoms with E-state index in [9.17, 15) is 13.2 Å². The van der Waals surface area contributed by atoms with E-state index in [-0.39, 0.29) is 40.3 Å². The maximum Gasteiger partial charge on any atom is 0.373 e. The summed E-state index contributed by atoms with van der Waals surface area (Å²) >= 11 is 0. The summed E-state index contributed by atoms with van der Waals surface area (Å²) in [5.74, 6) is -0.531. The minimum Gasteiger partial charge on any atom is -0.463 e. The second kappa shape index (κ2) is 7.43. The van der Waals surface area contributed by atoms with Gasteiger partial charge in [0.05, 0.1) is 7.11 Å². The highest BCUT2D eigenvalue weighted by Gasteiger charge is 2.40. The van der Waals surface area contributed by atoms with Crippen molar-refractivity contribution < 1.29 is 22.4 Å². The van der Waals surface area contributed by atoms with Crippen molar-refractivity contribution in [3.63, 3.8) is 0 Å². The van der Waals surface area contributed by atoms with Gasteiger partial charge in [0.25, 0.3) is 0 Å². The molecule has 9 heteroatoms. The van der Waals surface area contributed by atoms with Crippen LogP contribution in [0.2, 0.25) is 0 Å². The SMILES string of the molecule is CCc1oc(C(=O)OC)cc1S(=O)(=O)N1CCC(N)C(C)(C)C1.Cl. The van der Waals surface area contributed by atoms with E-state index in [0.717, 1.165) is 0 Å². The quantitative estimate of drug-likeness (QED) is 0.799. The number of piperidine rings is 1. The van der Waals surface area contributed by atoms with Crippen molar-refractivity contribution in [2.24, 2.45) is 11.1 Å². The van der Waals surface area contributed by atoms with E-state index >= 15 is 0 Å². The van der Waals surface area contributed by atoms with Crippen molar-refractivity contribution in [1.29, 1.82) is 0 Å². The van der Waals surface area contributed by atoms with E-state index < -0.39 is 16.0 Å². The number of furan rings is 1. The Morgan fingerprint density at radius 1 is 1.50 bits per heavy atom. The highest BCUT2D eigenvalue weighted by atomic mass is 35.5. The summed E-state index contributed by atoms with van der Waals surface area (Å²) in [4.78, 5) is 11.6. The van der Waals surface area contributed by atoms with Gasteiger partial charge in [0.2, 0.25) is 15.8 Å². The average molecular weight is 381 g/mol. The average Bonchev–Trinajstić information content (AvgIpc) is 2.94. The fourth-order valence-electron chi connectivity index (χ4n) is 2.75. The first-order valence-corrected chi connectivity index (χ1v) is 9.04. The number of ether oxygens (including phenoxy) is 1. The zero-order chi connectivity index (χ0) is 17.4. The van der Waals surface area contributed by atoms with Crippen LogP contribution in [0.1, 0.15) is 43.5 Å². The lowest BCUT2D eigenvalue weighted by molar-refractivity contribution is 0.0563. The normalized spacial score (nSPS) is 21.1. The number of methoxy groups -OCH3 is 1. The Hall–Kier alpha value is -1.09. The molecule has 2 rings (SSSR count). The van der Waals surface area contributed by atoms with Gasteiger partial charge in [-0.05, 0) is 11.8 Å². The molecule has 1 aliphatic heterocycles. The minimum absolute atomic E-state index is 0. The van der Waals surface area contributed by atoms with E-state index in [1.807, 2.05) is 13.8 Å². The summed E-state index contributed by atoms with van der Waals surface area (Å²) in [5.41, 5.74) is 5.76. The fraction of sp³-hybridized carbons (Fsp3) is 0.667. The van der Waals surface area contributed by atoms with Crippen LogP contribution in [0.3, 0.4) is 0 Å². The molecule has 1 aliphatic rings. The number of hydrogen-bond acceptors (Lipinski definition) is 6. The van der Waals surface area contributed by atoms with Gasteiger partial charge in [-0.3, -0.25) is 0 Å². The Labute approximate surface area is 149 Å². The van der Waals surface area contributed by atoms with Gasteiger partial charge in [0.15, 0.2) is 0 Å². The molecule has 1 unspecified atom stereocenters. The number of esters is 1. The third-order valence-corrected chi connectivity index (χ3v) is 6.27. The molecule has 24 heavy (non-hydrogen) atoms. The summed E-state index contributed by atoms with van der Waals surface area (Å²) in [6, 6.07) is 1.20. The number of halogens is 1. The van der Waals surface area contributed by atoms with Gasteiger partial charge in [-0.2, -0.15) is 4.31 Å². The highest BCUT2D eigenvalue weighted by molar-refractivity contribution is 7.89. The van der Waals surface area contributed by atoms with Crippen LogP contribution < -0.4 is 5.73 Å². The number of aryl methyl sites for hydroxylation is 1. The number of carbonyl (C=O) groups excluding carboxylic acids is 1. The Morgan fingerprint density at radius 3 is 2.62 bits per heavy atom. The molecule has 1 fully saturated rings. The van der Waals surface area contributed by atoms with Crippen LogP contribution in [0.5, 0.6) is 0 Å². The molecule has 0 radical (unpaired) electrons. The van der Waals surface area contributed by atoms with Crippen LogP contribution in [-0.4, -0.2) is 44.9 Å². The van der Waals surface area contributed by atoms with E-state index in [1.165, 1.54) is 17.5 Å². The smallest absolute Gasteiger partial charge is 0.373 e. The molecule has 0 aromatic carbocycles. The van der Waals surface area contributed by atoms with Crippen LogP contribution in [0, 0.1) is 5.41 Å². The molecule has 1 atom stereocenters. The third-order valence-electron chi connectivity index (χ3n) is 4.37. The standard InChI is InChI=1S/C15H24N2O5S.ClH/c1-5-10-12(8-11(22-10)14(18)21-4)23(19,20)17-7-6-13(16)15(2,3)9-17;/h8,13H,5-7,9,16H2,1-4H3;1H. The third kappa shape index (κ3) is 3.77. The molecule has 0 bridgehead atoms. The van der Waals surface area contributed by atoms with Gasteiger partial charge in [-0.1, -0.05) is 20.8 Å². The Balaban J connectivity index is 0.00000288. The predicted molar refractivity (Wildman–Crippen MR) is 91.8 cm³/mol. The second-order valence-corrected chi connectivity index (χ2v) is 8.37. The highest BCUT2D eigenvalue weighted by Crippen LogP contribution is 2.33. The molecule has 1 saturated heterocycles. The first-order chi connectivity index (χ1) is 10.6. The van der Waals surface area contributed by atoms with E-state index in [0.29, 0.717) is 25.9 Å². The largest absolute Gasteiger partial charge is 0.463 e. The Morgan fingerprint density at radius 2 is 2.12 bits per heavy atom. The zero-order valence-electron chi connectivity index (χ0n) is 14.4. The lowest BCUT2D eigenvalue weighted by Gasteiger charge is -2.41. The number of carbonyl (C=O) groups is 1. The van der Waals surface area contributed by atoms with Gasteiger partial charge in [-0.15, -0.1) is 12.4 Å². The maximum absolute atomic E-state index is 13.0. The van der Waals surface area contributed by atoms with Crippen molar-refractivity contribution in [3.8, 4) is 0 Å². The summed E-state index contributed by atoms with van der Waals surface area (Å²) in [6.45, 7) is 6.37. The number of sulfonamides is 1. The topological polar surface area (TPSA) is 103 Å². The van der Waals surface area contributed by atoms with Gasteiger partial charge in [0.1, 0.15) is 10.7 Å². The van der Waals surface area contributed by atoms with E-state index in [2.05, 4.69) is 4.74 Å². The van der Waals surface area contributed by atoms with Gasteiger partial charge >= 0.3 is 5.97 Å². The molecule has 0 amide bonds. The Bertz CT molecular complexity index is 699. The van der Waals surface area contributed by atoms with Crippen molar-refractivity contribution in [2.75, 3.05) is 20.2 Å². The van der Waals surface area contributed by atoms with Gasteiger partial charge < -0.3 is 14.9 Å². The molecule has 2 N–H and O–H groups in total. The maximum atomic E-state index is 13.0. The van der Waals surface area contributed by atoms with Crippen LogP contribution in [0.4, 0.5) is 0 Å². The minimum atomic E-state index is -3.74. The predicted octanol–water partition coefficient (Wildman–Crippen LogP) is 1.80. The van der Waals surface area contributed by atoms with Crippen LogP contribution in [-0.2, 0) is 21.2 Å². The summed E-state index contributed by atoms with van der Waals surface area (Å²) in [6.07, 6.45) is 0.956. The zero-order valence-corrected chi connectivity index (χ0v) is 16.0. The molecule has 2 heterocycles. The molecule has 0 spiro atoms. The summed E-state index contributed by atoms with van der Waals surface area (Å²) in [7, 11) is -2.52. The summed E-state index contributed by atoms with van der Waals surface area (Å²) < 4.78 is 37.3. The lowest BCUT2D eigenvalue weighted by atomic mass is 9.81. The molecule has 138 valence electrons. The van der Waals surface area contributed by atoms with Crippen molar-refractivity contribution >= 4 is 28.4 Å². The van der Waals surface area contributed by atoms with E-state index in [1.54, 1.807) is 6.92 Å². The molecular formula is C15H25ClN2O5S. The van der Waals surface area contributed by atoms with Crippen molar-refractivity contribution in [2.45, 2.75) is 44.6 Å². The first-order valence-electron chi connectivity index (χ1n) is 7.60. The fourth-order valence-corrected chi connectivity index (χ4v) is 4.60. The number of nitrogens with zero attached hydrogens (tertiary/aromatic N) is 1. The molecule has 7 nitrogen and oxygen atoms in total. The molecule has 0 saturated carbocycles. The molecule has 1 aromatic rings. The number of nitrogens with two attached hydrogens (primary N) is 1. The first kappa shape index (κ1) is 21.0. The van der Waals surface area contributed by atoms with Crippen LogP contribution in [0.15, 0.2) is 15.4 Å². The summed E-state index contributed by atoms with van der Waals surface area (Å²) in [5, 5.41) is 0. The number of rotatable bonds is 4. The monoisotopic (exact) mass is 380 g/mol. The van der Waals surface area contributed by atoms with Crippen LogP contribution >= 0.6 is 12.4 Å². The van der Waals surface area contributed by atoms with Crippen molar-refractivity contribution in [3.05, 3.63) is 17.6 Å². The molecule has 1 aromatic heterocycles. The van der Waals surface area contributed by atoms with Crippen molar-refractivity contribution in [1.82, 2.24) is 4.31 Å². The van der Waals surface area contributed by atoms with Gasteiger partial charge in [0, 0.05) is 31.6 Å². The number of hydrogen-bond donors (Lipinski definition) is 1.